The number of aromatic nitrogens is 2. The molecule has 0 saturated carbocycles. The molecule has 2 rings (SSSR count). The van der Waals surface area contributed by atoms with Crippen LogP contribution < -0.4 is 10.6 Å². The lowest BCUT2D eigenvalue weighted by molar-refractivity contribution is -0.404. The van der Waals surface area contributed by atoms with E-state index < -0.39 is 4.92 Å². The fourth-order valence-electron chi connectivity index (χ4n) is 1.96. The number of hydrogen-bond acceptors (Lipinski definition) is 9. The quantitative estimate of drug-likeness (QED) is 0.282. The molecule has 0 fully saturated rings. The van der Waals surface area contributed by atoms with Crippen molar-refractivity contribution in [2.75, 3.05) is 24.6 Å². The van der Waals surface area contributed by atoms with Gasteiger partial charge in [0.05, 0.1) is 21.3 Å². The number of halogens is 1. The molecule has 2 heterocycles. The molecule has 0 aliphatic rings. The largest absolute Gasteiger partial charge is 0.366 e. The third-order valence-electron chi connectivity index (χ3n) is 3.17. The third kappa shape index (κ3) is 9.03. The molecule has 0 aliphatic heterocycles. The van der Waals surface area contributed by atoms with Crippen LogP contribution in [0.1, 0.15) is 11.4 Å². The summed E-state index contributed by atoms with van der Waals surface area (Å²) in [6.45, 7) is 1.19. The van der Waals surface area contributed by atoms with Crippen LogP contribution in [-0.2, 0) is 11.5 Å². The van der Waals surface area contributed by atoms with E-state index >= 15 is 0 Å². The highest BCUT2D eigenvalue weighted by Crippen LogP contribution is 2.18. The molecule has 2 N–H and O–H groups in total. The van der Waals surface area contributed by atoms with E-state index in [1.54, 1.807) is 35.8 Å². The summed E-state index contributed by atoms with van der Waals surface area (Å²) in [6, 6.07) is 5.42. The van der Waals surface area contributed by atoms with Gasteiger partial charge in [-0.1, -0.05) is 16.8 Å². The summed E-state index contributed by atoms with van der Waals surface area (Å²) in [4.78, 5) is 14.5. The molecule has 0 aliphatic carbocycles. The number of hydrogen-bond donors (Lipinski definition) is 2. The number of nitro groups is 1. The molecule has 0 amide bonds. The molecule has 2 aromatic rings. The molecule has 11 heteroatoms. The van der Waals surface area contributed by atoms with Crippen LogP contribution in [0.3, 0.4) is 0 Å². The van der Waals surface area contributed by atoms with E-state index in [1.165, 1.54) is 6.26 Å². The maximum absolute atomic E-state index is 10.8. The zero-order valence-corrected chi connectivity index (χ0v) is 16.9. The lowest BCUT2D eigenvalue weighted by atomic mass is 10.4. The third-order valence-corrected chi connectivity index (χ3v) is 5.48. The van der Waals surface area contributed by atoms with Crippen molar-refractivity contribution in [3.63, 3.8) is 0 Å². The maximum atomic E-state index is 10.8. The summed E-state index contributed by atoms with van der Waals surface area (Å²) >= 11 is 9.39. The molecule has 0 atom stereocenters. The van der Waals surface area contributed by atoms with E-state index in [0.717, 1.165) is 34.8 Å². The molecule has 8 nitrogen and oxygen atoms in total. The smallest absolute Gasteiger partial charge is 0.274 e. The van der Waals surface area contributed by atoms with Gasteiger partial charge in [0.2, 0.25) is 0 Å². The maximum Gasteiger partial charge on any atom is 0.274 e. The predicted octanol–water partition coefficient (Wildman–Crippen LogP) is 3.14. The number of thioether (sulfide) groups is 2. The van der Waals surface area contributed by atoms with E-state index in [9.17, 15) is 10.1 Å². The Bertz CT molecular complexity index is 731. The van der Waals surface area contributed by atoms with E-state index in [0.29, 0.717) is 29.7 Å². The van der Waals surface area contributed by atoms with Crippen LogP contribution in [0.5, 0.6) is 0 Å². The van der Waals surface area contributed by atoms with Gasteiger partial charge >= 0.3 is 0 Å². The molecule has 0 spiro atoms. The monoisotopic (exact) mass is 429 g/mol. The van der Waals surface area contributed by atoms with Gasteiger partial charge in [-0.05, 0) is 12.1 Å². The van der Waals surface area contributed by atoms with Crippen molar-refractivity contribution in [3.8, 4) is 0 Å². The molecule has 0 aromatic carbocycles. The molecule has 146 valence electrons. The van der Waals surface area contributed by atoms with Gasteiger partial charge in [-0.15, -0.1) is 0 Å². The van der Waals surface area contributed by atoms with Crippen molar-refractivity contribution in [1.29, 1.82) is 0 Å². The summed E-state index contributed by atoms with van der Waals surface area (Å²) in [5.41, 5.74) is 1.72. The second-order valence-corrected chi connectivity index (χ2v) is 7.83. The Balaban J connectivity index is 1.62. The molecular formula is C16H20ClN5O3S2. The Morgan fingerprint density at radius 3 is 2.63 bits per heavy atom. The molecule has 0 saturated heterocycles. The van der Waals surface area contributed by atoms with E-state index in [4.69, 9.17) is 16.1 Å². The average molecular weight is 430 g/mol. The Hall–Kier alpha value is -1.91. The van der Waals surface area contributed by atoms with Crippen LogP contribution in [0.15, 0.2) is 47.2 Å². The minimum absolute atomic E-state index is 0.401. The molecule has 0 radical (unpaired) electrons. The molecule has 2 aromatic heterocycles. The van der Waals surface area contributed by atoms with Crippen molar-refractivity contribution >= 4 is 35.1 Å². The minimum Gasteiger partial charge on any atom is -0.366 e. The van der Waals surface area contributed by atoms with Crippen molar-refractivity contribution in [2.45, 2.75) is 11.5 Å². The number of pyridine rings is 1. The molecule has 27 heavy (non-hydrogen) atoms. The Labute approximate surface area is 170 Å². The Kier molecular flexibility index (Phi) is 9.88. The second kappa shape index (κ2) is 12.5. The first-order chi connectivity index (χ1) is 13.1. The van der Waals surface area contributed by atoms with Gasteiger partial charge in [-0.25, -0.2) is 0 Å². The van der Waals surface area contributed by atoms with Crippen LogP contribution in [-0.4, -0.2) is 39.7 Å². The van der Waals surface area contributed by atoms with Gasteiger partial charge in [-0.3, -0.25) is 15.1 Å². The highest BCUT2D eigenvalue weighted by atomic mass is 35.5. The summed E-state index contributed by atoms with van der Waals surface area (Å²) < 4.78 is 4.77. The van der Waals surface area contributed by atoms with Gasteiger partial charge in [0.1, 0.15) is 6.26 Å². The Morgan fingerprint density at radius 2 is 2.00 bits per heavy atom. The summed E-state index contributed by atoms with van der Waals surface area (Å²) in [7, 11) is 0. The first-order valence-corrected chi connectivity index (χ1v) is 10.8. The van der Waals surface area contributed by atoms with Gasteiger partial charge < -0.3 is 15.2 Å². The van der Waals surface area contributed by atoms with Crippen LogP contribution in [0.25, 0.3) is 0 Å². The summed E-state index contributed by atoms with van der Waals surface area (Å²) in [5, 5.41) is 21.3. The SMILES string of the molecule is O=[N+]([O-])/C=C(\NCCSCc1ccon1)NCCSCc1ncccc1Cl. The van der Waals surface area contributed by atoms with E-state index in [2.05, 4.69) is 20.8 Å². The molecule has 0 unspecified atom stereocenters. The normalized spacial score (nSPS) is 11.4. The van der Waals surface area contributed by atoms with E-state index in [-0.39, 0.29) is 0 Å². The van der Waals surface area contributed by atoms with Crippen LogP contribution >= 0.6 is 35.1 Å². The first kappa shape index (κ1) is 21.4. The number of rotatable bonds is 13. The fraction of sp³-hybridized carbons (Fsp3) is 0.375. The molecular weight excluding hydrogens is 410 g/mol. The van der Waals surface area contributed by atoms with Gasteiger partial charge in [-0.2, -0.15) is 23.5 Å². The summed E-state index contributed by atoms with van der Waals surface area (Å²) in [6.07, 6.45) is 4.20. The fourth-order valence-corrected chi connectivity index (χ4v) is 3.79. The van der Waals surface area contributed by atoms with Crippen LogP contribution in [0.4, 0.5) is 0 Å². The van der Waals surface area contributed by atoms with Gasteiger partial charge in [0.25, 0.3) is 6.20 Å². The van der Waals surface area contributed by atoms with Gasteiger partial charge in [0, 0.05) is 48.4 Å². The van der Waals surface area contributed by atoms with Crippen molar-refractivity contribution in [1.82, 2.24) is 20.8 Å². The number of nitrogens with zero attached hydrogens (tertiary/aromatic N) is 3. The zero-order valence-electron chi connectivity index (χ0n) is 14.5. The predicted molar refractivity (Wildman–Crippen MR) is 109 cm³/mol. The minimum atomic E-state index is -0.474. The van der Waals surface area contributed by atoms with Crippen molar-refractivity contribution in [2.24, 2.45) is 0 Å². The topological polar surface area (TPSA) is 106 Å². The van der Waals surface area contributed by atoms with Crippen LogP contribution in [0, 0.1) is 10.1 Å². The first-order valence-electron chi connectivity index (χ1n) is 8.12. The zero-order chi connectivity index (χ0) is 19.3. The highest BCUT2D eigenvalue weighted by Gasteiger charge is 2.04. The number of nitrogens with one attached hydrogen (secondary N) is 2. The second-order valence-electron chi connectivity index (χ2n) is 5.21. The lowest BCUT2D eigenvalue weighted by Gasteiger charge is -2.11. The van der Waals surface area contributed by atoms with Crippen molar-refractivity contribution < 1.29 is 9.45 Å². The average Bonchev–Trinajstić information content (AvgIpc) is 3.15. The molecule has 0 bridgehead atoms. The van der Waals surface area contributed by atoms with E-state index in [1.807, 2.05) is 12.1 Å². The lowest BCUT2D eigenvalue weighted by Crippen LogP contribution is -2.30. The van der Waals surface area contributed by atoms with Crippen LogP contribution in [0.2, 0.25) is 5.02 Å². The van der Waals surface area contributed by atoms with Crippen molar-refractivity contribution in [3.05, 3.63) is 69.2 Å². The standard InChI is InChI=1S/C16H20ClN5O3S2/c17-14-2-1-4-18-15(14)12-27-9-6-20-16(10-22(23)24)19-5-8-26-11-13-3-7-25-21-13/h1-4,7,10,19-20H,5-6,8-9,11-12H2/b16-10+. The Morgan fingerprint density at radius 1 is 1.26 bits per heavy atom. The highest BCUT2D eigenvalue weighted by molar-refractivity contribution is 7.98. The summed E-state index contributed by atoms with van der Waals surface area (Å²) in [5.74, 6) is 3.40. The van der Waals surface area contributed by atoms with Gasteiger partial charge in [0.15, 0.2) is 5.82 Å².